The van der Waals surface area contributed by atoms with E-state index in [1.807, 2.05) is 19.9 Å². The Morgan fingerprint density at radius 2 is 1.83 bits per heavy atom. The van der Waals surface area contributed by atoms with Crippen LogP contribution in [0.3, 0.4) is 0 Å². The normalized spacial score (nSPS) is 14.1. The number of carbonyl (C=O) groups is 1. The van der Waals surface area contributed by atoms with E-state index in [1.54, 1.807) is 18.2 Å². The van der Waals surface area contributed by atoms with E-state index in [4.69, 9.17) is 9.47 Å². The highest BCUT2D eigenvalue weighted by Crippen LogP contribution is 2.34. The predicted octanol–water partition coefficient (Wildman–Crippen LogP) is 2.17. The lowest BCUT2D eigenvalue weighted by Crippen LogP contribution is -2.28. The van der Waals surface area contributed by atoms with Crippen molar-refractivity contribution in [3.8, 4) is 5.75 Å². The Kier molecular flexibility index (Phi) is 5.16. The van der Waals surface area contributed by atoms with Gasteiger partial charge in [0.2, 0.25) is 0 Å². The lowest BCUT2D eigenvalue weighted by molar-refractivity contribution is -0.152. The molecule has 0 aliphatic carbocycles. The molecule has 18 heavy (non-hydrogen) atoms. The van der Waals surface area contributed by atoms with Crippen molar-refractivity contribution in [2.24, 2.45) is 11.8 Å². The number of carbonyl (C=O) groups excluding carboxylic acids is 1. The Balaban J connectivity index is 3.09. The van der Waals surface area contributed by atoms with Gasteiger partial charge in [-0.1, -0.05) is 32.0 Å². The fourth-order valence-corrected chi connectivity index (χ4v) is 2.01. The maximum Gasteiger partial charge on any atom is 0.311 e. The lowest BCUT2D eigenvalue weighted by Gasteiger charge is -2.25. The number of esters is 1. The second-order valence-electron chi connectivity index (χ2n) is 4.48. The first-order chi connectivity index (χ1) is 8.52. The maximum atomic E-state index is 11.7. The fourth-order valence-electron chi connectivity index (χ4n) is 2.01. The van der Waals surface area contributed by atoms with E-state index in [2.05, 4.69) is 0 Å². The van der Waals surface area contributed by atoms with Crippen molar-refractivity contribution < 1.29 is 19.4 Å². The molecule has 1 aromatic rings. The van der Waals surface area contributed by atoms with E-state index in [0.717, 1.165) is 0 Å². The number of hydrogen-bond donors (Lipinski definition) is 1. The van der Waals surface area contributed by atoms with Crippen molar-refractivity contribution in [1.82, 2.24) is 0 Å². The first-order valence-electron chi connectivity index (χ1n) is 5.91. The summed E-state index contributed by atoms with van der Waals surface area (Å²) in [5.74, 6) is -0.480. The van der Waals surface area contributed by atoms with Gasteiger partial charge in [0.1, 0.15) is 5.75 Å². The average Bonchev–Trinajstić information content (AvgIpc) is 2.37. The number of benzene rings is 1. The summed E-state index contributed by atoms with van der Waals surface area (Å²) in [6.45, 7) is 3.75. The van der Waals surface area contributed by atoms with Crippen LogP contribution in [0, 0.1) is 11.8 Å². The molecule has 0 aliphatic heterocycles. The fraction of sp³-hybridized carbons (Fsp3) is 0.500. The molecule has 4 nitrogen and oxygen atoms in total. The quantitative estimate of drug-likeness (QED) is 0.816. The summed E-state index contributed by atoms with van der Waals surface area (Å²) >= 11 is 0. The van der Waals surface area contributed by atoms with Gasteiger partial charge in [-0.25, -0.2) is 0 Å². The molecule has 0 aromatic heterocycles. The van der Waals surface area contributed by atoms with Gasteiger partial charge in [0, 0.05) is 5.56 Å². The molecule has 0 aliphatic rings. The standard InChI is InChI=1S/C14H20O4/c1-9(2)12(14(16)18-4)13(15)10-7-5-6-8-11(10)17-3/h5-9,12-13,15H,1-4H3. The van der Waals surface area contributed by atoms with Crippen molar-refractivity contribution in [3.63, 3.8) is 0 Å². The maximum absolute atomic E-state index is 11.7. The van der Waals surface area contributed by atoms with Gasteiger partial charge < -0.3 is 14.6 Å². The number of aliphatic hydroxyl groups excluding tert-OH is 1. The van der Waals surface area contributed by atoms with E-state index in [9.17, 15) is 9.90 Å². The molecule has 100 valence electrons. The zero-order valence-electron chi connectivity index (χ0n) is 11.2. The summed E-state index contributed by atoms with van der Waals surface area (Å²) in [7, 11) is 2.86. The summed E-state index contributed by atoms with van der Waals surface area (Å²) in [5, 5.41) is 10.4. The minimum atomic E-state index is -0.936. The highest BCUT2D eigenvalue weighted by atomic mass is 16.5. The number of ether oxygens (including phenoxy) is 2. The number of rotatable bonds is 5. The zero-order valence-corrected chi connectivity index (χ0v) is 11.2. The molecule has 1 rings (SSSR count). The molecule has 0 amide bonds. The van der Waals surface area contributed by atoms with Crippen LogP contribution in [0.2, 0.25) is 0 Å². The average molecular weight is 252 g/mol. The molecule has 0 radical (unpaired) electrons. The minimum Gasteiger partial charge on any atom is -0.496 e. The second kappa shape index (κ2) is 6.40. The van der Waals surface area contributed by atoms with E-state index >= 15 is 0 Å². The van der Waals surface area contributed by atoms with Gasteiger partial charge in [-0.15, -0.1) is 0 Å². The van der Waals surface area contributed by atoms with E-state index in [-0.39, 0.29) is 5.92 Å². The van der Waals surface area contributed by atoms with Crippen LogP contribution in [0.5, 0.6) is 5.75 Å². The molecule has 2 atom stereocenters. The number of methoxy groups -OCH3 is 2. The third-order valence-electron chi connectivity index (χ3n) is 2.99. The van der Waals surface area contributed by atoms with Crippen LogP contribution in [-0.2, 0) is 9.53 Å². The number of para-hydroxylation sites is 1. The van der Waals surface area contributed by atoms with Gasteiger partial charge in [0.25, 0.3) is 0 Å². The third-order valence-corrected chi connectivity index (χ3v) is 2.99. The zero-order chi connectivity index (χ0) is 13.7. The molecule has 1 aromatic carbocycles. The van der Waals surface area contributed by atoms with Gasteiger partial charge in [0.05, 0.1) is 26.2 Å². The molecule has 0 saturated carbocycles. The summed E-state index contributed by atoms with van der Waals surface area (Å²) in [5.41, 5.74) is 0.601. The lowest BCUT2D eigenvalue weighted by atomic mass is 9.86. The Morgan fingerprint density at radius 1 is 1.22 bits per heavy atom. The van der Waals surface area contributed by atoms with Crippen molar-refractivity contribution >= 4 is 5.97 Å². The van der Waals surface area contributed by atoms with Crippen molar-refractivity contribution in [2.75, 3.05) is 14.2 Å². The van der Waals surface area contributed by atoms with Gasteiger partial charge in [0.15, 0.2) is 0 Å². The Bertz CT molecular complexity index is 401. The van der Waals surface area contributed by atoms with Gasteiger partial charge in [-0.3, -0.25) is 4.79 Å². The molecule has 0 spiro atoms. The Labute approximate surface area is 108 Å². The Hall–Kier alpha value is -1.55. The van der Waals surface area contributed by atoms with Crippen LogP contribution in [0.4, 0.5) is 0 Å². The smallest absolute Gasteiger partial charge is 0.311 e. The molecular weight excluding hydrogens is 232 g/mol. The minimum absolute atomic E-state index is 0.0302. The SMILES string of the molecule is COC(=O)C(C(C)C)C(O)c1ccccc1OC. The van der Waals surface area contributed by atoms with Crippen LogP contribution >= 0.6 is 0 Å². The molecule has 4 heteroatoms. The van der Waals surface area contributed by atoms with Gasteiger partial charge in [-0.05, 0) is 12.0 Å². The summed E-state index contributed by atoms with van der Waals surface area (Å²) in [6, 6.07) is 7.13. The summed E-state index contributed by atoms with van der Waals surface area (Å²) in [4.78, 5) is 11.7. The summed E-state index contributed by atoms with van der Waals surface area (Å²) < 4.78 is 9.95. The molecule has 0 saturated heterocycles. The molecular formula is C14H20O4. The molecule has 0 fully saturated rings. The van der Waals surface area contributed by atoms with Crippen molar-refractivity contribution in [1.29, 1.82) is 0 Å². The predicted molar refractivity (Wildman–Crippen MR) is 68.3 cm³/mol. The monoisotopic (exact) mass is 252 g/mol. The highest BCUT2D eigenvalue weighted by Gasteiger charge is 2.33. The van der Waals surface area contributed by atoms with Crippen LogP contribution in [0.25, 0.3) is 0 Å². The van der Waals surface area contributed by atoms with E-state index < -0.39 is 18.0 Å². The first kappa shape index (κ1) is 14.5. The van der Waals surface area contributed by atoms with Gasteiger partial charge in [-0.2, -0.15) is 0 Å². The molecule has 2 unspecified atom stereocenters. The van der Waals surface area contributed by atoms with Crippen molar-refractivity contribution in [2.45, 2.75) is 20.0 Å². The summed E-state index contributed by atoms with van der Waals surface area (Å²) in [6.07, 6.45) is -0.936. The highest BCUT2D eigenvalue weighted by molar-refractivity contribution is 5.73. The largest absolute Gasteiger partial charge is 0.496 e. The van der Waals surface area contributed by atoms with Crippen LogP contribution in [0.15, 0.2) is 24.3 Å². The third kappa shape index (κ3) is 3.01. The van der Waals surface area contributed by atoms with E-state index in [1.165, 1.54) is 14.2 Å². The second-order valence-corrected chi connectivity index (χ2v) is 4.48. The topological polar surface area (TPSA) is 55.8 Å². The van der Waals surface area contributed by atoms with Crippen LogP contribution < -0.4 is 4.74 Å². The van der Waals surface area contributed by atoms with Gasteiger partial charge >= 0.3 is 5.97 Å². The first-order valence-corrected chi connectivity index (χ1v) is 5.91. The molecule has 1 N–H and O–H groups in total. The van der Waals surface area contributed by atoms with E-state index in [0.29, 0.717) is 11.3 Å². The Morgan fingerprint density at radius 3 is 2.33 bits per heavy atom. The van der Waals surface area contributed by atoms with Crippen molar-refractivity contribution in [3.05, 3.63) is 29.8 Å². The van der Waals surface area contributed by atoms with Crippen LogP contribution in [-0.4, -0.2) is 25.3 Å². The number of aliphatic hydroxyl groups is 1. The number of hydrogen-bond acceptors (Lipinski definition) is 4. The molecule has 0 heterocycles. The van der Waals surface area contributed by atoms with Crippen LogP contribution in [0.1, 0.15) is 25.5 Å². The molecule has 0 bridgehead atoms.